The predicted octanol–water partition coefficient (Wildman–Crippen LogP) is 2.54. The highest BCUT2D eigenvalue weighted by molar-refractivity contribution is 7.14. The highest BCUT2D eigenvalue weighted by Gasteiger charge is 2.05. The van der Waals surface area contributed by atoms with Gasteiger partial charge >= 0.3 is 0 Å². The highest BCUT2D eigenvalue weighted by Crippen LogP contribution is 2.23. The summed E-state index contributed by atoms with van der Waals surface area (Å²) < 4.78 is 2.67. The molecule has 0 amide bonds. The molecule has 0 unspecified atom stereocenters. The molecule has 0 aliphatic heterocycles. The molecule has 2 rings (SSSR count). The predicted molar refractivity (Wildman–Crippen MR) is 59.8 cm³/mol. The Bertz CT molecular complexity index is 447. The normalized spacial score (nSPS) is 10.7. The summed E-state index contributed by atoms with van der Waals surface area (Å²) in [6, 6.07) is 3.85. The molecule has 14 heavy (non-hydrogen) atoms. The number of thiophene rings is 1. The third-order valence-corrected chi connectivity index (χ3v) is 3.26. The third-order valence-electron chi connectivity index (χ3n) is 2.01. The number of aromatic nitrogens is 2. The summed E-state index contributed by atoms with van der Waals surface area (Å²) in [5, 5.41) is 6.14. The molecule has 3 nitrogen and oxygen atoms in total. The van der Waals surface area contributed by atoms with E-state index in [1.807, 2.05) is 29.1 Å². The van der Waals surface area contributed by atoms with Crippen LogP contribution in [0.25, 0.3) is 0 Å². The number of hydrogen-bond acceptors (Lipinski definition) is 3. The highest BCUT2D eigenvalue weighted by atomic mass is 35.5. The van der Waals surface area contributed by atoms with E-state index in [2.05, 4.69) is 5.10 Å². The fourth-order valence-corrected chi connectivity index (χ4v) is 2.20. The van der Waals surface area contributed by atoms with E-state index in [1.54, 1.807) is 0 Å². The average Bonchev–Trinajstić information content (AvgIpc) is 2.62. The number of anilines is 1. The van der Waals surface area contributed by atoms with Gasteiger partial charge in [-0.15, -0.1) is 11.3 Å². The number of nitrogen functional groups attached to an aromatic ring is 1. The van der Waals surface area contributed by atoms with Crippen LogP contribution in [-0.4, -0.2) is 9.78 Å². The molecule has 0 fully saturated rings. The molecule has 2 aromatic rings. The number of halogens is 1. The molecular formula is C9H10ClN3S. The van der Waals surface area contributed by atoms with Crippen LogP contribution in [0.3, 0.4) is 0 Å². The van der Waals surface area contributed by atoms with Gasteiger partial charge in [-0.05, 0) is 18.4 Å². The lowest BCUT2D eigenvalue weighted by atomic mass is 10.3. The first-order valence-electron chi connectivity index (χ1n) is 4.18. The molecule has 0 aliphatic carbocycles. The smallest absolute Gasteiger partial charge is 0.145 e. The van der Waals surface area contributed by atoms with E-state index in [9.17, 15) is 0 Å². The number of rotatable bonds is 2. The minimum absolute atomic E-state index is 0.550. The Labute approximate surface area is 91.1 Å². The van der Waals surface area contributed by atoms with Crippen molar-refractivity contribution in [2.24, 2.45) is 0 Å². The van der Waals surface area contributed by atoms with Gasteiger partial charge < -0.3 is 5.73 Å². The lowest BCUT2D eigenvalue weighted by Gasteiger charge is -2.02. The summed E-state index contributed by atoms with van der Waals surface area (Å²) in [5.41, 5.74) is 7.72. The van der Waals surface area contributed by atoms with Gasteiger partial charge in [-0.2, -0.15) is 5.10 Å². The van der Waals surface area contributed by atoms with Crippen molar-refractivity contribution in [1.29, 1.82) is 0 Å². The fraction of sp³-hybridized carbons (Fsp3) is 0.222. The van der Waals surface area contributed by atoms with Crippen molar-refractivity contribution in [2.75, 3.05) is 5.73 Å². The van der Waals surface area contributed by atoms with Crippen molar-refractivity contribution in [3.8, 4) is 0 Å². The van der Waals surface area contributed by atoms with Crippen LogP contribution >= 0.6 is 22.9 Å². The lowest BCUT2D eigenvalue weighted by molar-refractivity contribution is 0.669. The number of nitrogens with two attached hydrogens (primary N) is 1. The van der Waals surface area contributed by atoms with E-state index in [-0.39, 0.29) is 0 Å². The molecule has 5 heteroatoms. The van der Waals surface area contributed by atoms with Crippen molar-refractivity contribution >= 4 is 28.8 Å². The minimum Gasteiger partial charge on any atom is -0.382 e. The van der Waals surface area contributed by atoms with Gasteiger partial charge in [0.2, 0.25) is 0 Å². The van der Waals surface area contributed by atoms with Crippen molar-refractivity contribution in [3.05, 3.63) is 33.1 Å². The summed E-state index contributed by atoms with van der Waals surface area (Å²) in [6.45, 7) is 2.66. The van der Waals surface area contributed by atoms with E-state index in [0.29, 0.717) is 12.4 Å². The summed E-state index contributed by atoms with van der Waals surface area (Å²) in [4.78, 5) is 0. The van der Waals surface area contributed by atoms with Crippen LogP contribution in [0.1, 0.15) is 11.3 Å². The van der Waals surface area contributed by atoms with Gasteiger partial charge in [-0.1, -0.05) is 11.6 Å². The monoisotopic (exact) mass is 227 g/mol. The molecule has 2 heterocycles. The van der Waals surface area contributed by atoms with Gasteiger partial charge in [-0.3, -0.25) is 4.68 Å². The van der Waals surface area contributed by atoms with Crippen molar-refractivity contribution in [3.63, 3.8) is 0 Å². The second-order valence-corrected chi connectivity index (χ2v) is 4.61. The molecule has 0 saturated carbocycles. The molecule has 0 spiro atoms. The lowest BCUT2D eigenvalue weighted by Crippen LogP contribution is -2.03. The van der Waals surface area contributed by atoms with Crippen LogP contribution in [0.4, 0.5) is 5.82 Å². The van der Waals surface area contributed by atoms with Crippen LogP contribution in [-0.2, 0) is 6.54 Å². The first-order valence-corrected chi connectivity index (χ1v) is 5.44. The van der Waals surface area contributed by atoms with Gasteiger partial charge in [0.15, 0.2) is 0 Å². The first kappa shape index (κ1) is 9.55. The second-order valence-electron chi connectivity index (χ2n) is 3.09. The molecule has 0 bridgehead atoms. The van der Waals surface area contributed by atoms with Crippen LogP contribution in [0.15, 0.2) is 17.5 Å². The van der Waals surface area contributed by atoms with Crippen molar-refractivity contribution < 1.29 is 0 Å². The first-order chi connectivity index (χ1) is 6.66. The molecule has 0 saturated heterocycles. The van der Waals surface area contributed by atoms with Crippen LogP contribution in [0.5, 0.6) is 0 Å². The summed E-state index contributed by atoms with van der Waals surface area (Å²) in [7, 11) is 0. The number of nitrogens with zero attached hydrogens (tertiary/aromatic N) is 2. The van der Waals surface area contributed by atoms with E-state index in [4.69, 9.17) is 17.3 Å². The van der Waals surface area contributed by atoms with Gasteiger partial charge in [0, 0.05) is 17.3 Å². The Hall–Kier alpha value is -1.00. The molecule has 2 aromatic heterocycles. The zero-order valence-corrected chi connectivity index (χ0v) is 9.27. The molecule has 0 atom stereocenters. The Morgan fingerprint density at radius 2 is 2.43 bits per heavy atom. The fourth-order valence-electron chi connectivity index (χ4n) is 1.29. The molecular weight excluding hydrogens is 218 g/mol. The van der Waals surface area contributed by atoms with Crippen molar-refractivity contribution in [1.82, 2.24) is 9.78 Å². The summed E-state index contributed by atoms with van der Waals surface area (Å²) in [5.74, 6) is 0.550. The Morgan fingerprint density at radius 3 is 2.93 bits per heavy atom. The Kier molecular flexibility index (Phi) is 2.48. The number of aryl methyl sites for hydroxylation is 1. The minimum atomic E-state index is 0.550. The maximum atomic E-state index is 5.99. The van der Waals surface area contributed by atoms with Crippen LogP contribution in [0, 0.1) is 6.92 Å². The largest absolute Gasteiger partial charge is 0.382 e. The van der Waals surface area contributed by atoms with Crippen LogP contribution < -0.4 is 5.73 Å². The maximum Gasteiger partial charge on any atom is 0.145 e. The third kappa shape index (κ3) is 1.76. The maximum absolute atomic E-state index is 5.99. The standard InChI is InChI=1S/C9H10ClN3S/c1-6-4-8(11)12-13(6)5-7-2-3-14-9(7)10/h2-4H,5H2,1H3,(H2,11,12). The van der Waals surface area contributed by atoms with E-state index in [0.717, 1.165) is 15.6 Å². The average molecular weight is 228 g/mol. The molecule has 0 aromatic carbocycles. The van der Waals surface area contributed by atoms with Crippen molar-refractivity contribution in [2.45, 2.75) is 13.5 Å². The zero-order valence-electron chi connectivity index (χ0n) is 7.70. The SMILES string of the molecule is Cc1cc(N)nn1Cc1ccsc1Cl. The molecule has 0 radical (unpaired) electrons. The molecule has 2 N–H and O–H groups in total. The van der Waals surface area contributed by atoms with Gasteiger partial charge in [-0.25, -0.2) is 0 Å². The quantitative estimate of drug-likeness (QED) is 0.857. The molecule has 0 aliphatic rings. The Morgan fingerprint density at radius 1 is 1.64 bits per heavy atom. The Balaban J connectivity index is 2.27. The van der Waals surface area contributed by atoms with E-state index >= 15 is 0 Å². The van der Waals surface area contributed by atoms with Gasteiger partial charge in [0.25, 0.3) is 0 Å². The summed E-state index contributed by atoms with van der Waals surface area (Å²) in [6.07, 6.45) is 0. The number of hydrogen-bond donors (Lipinski definition) is 1. The summed E-state index contributed by atoms with van der Waals surface area (Å²) >= 11 is 7.52. The topological polar surface area (TPSA) is 43.8 Å². The van der Waals surface area contributed by atoms with Gasteiger partial charge in [0.05, 0.1) is 10.9 Å². The van der Waals surface area contributed by atoms with E-state index < -0.39 is 0 Å². The second kappa shape index (κ2) is 3.63. The zero-order chi connectivity index (χ0) is 10.1. The van der Waals surface area contributed by atoms with Crippen LogP contribution in [0.2, 0.25) is 4.34 Å². The molecule has 74 valence electrons. The van der Waals surface area contributed by atoms with Gasteiger partial charge in [0.1, 0.15) is 5.82 Å². The van der Waals surface area contributed by atoms with E-state index in [1.165, 1.54) is 11.3 Å².